The number of hydrogen-bond donors (Lipinski definition) is 0. The average molecular weight is 223 g/mol. The molecule has 89 valence electrons. The van der Waals surface area contributed by atoms with Crippen molar-refractivity contribution in [3.8, 4) is 17.2 Å². The summed E-state index contributed by atoms with van der Waals surface area (Å²) >= 11 is 0. The van der Waals surface area contributed by atoms with E-state index in [0.29, 0.717) is 24.7 Å². The standard InChI is InChI=1S/C13H19O3/c1-4-6-15-12-8-11(14-3)9-13(10-12)16-7-5-2/h8-9H,4-7H2,1-3H3. The summed E-state index contributed by atoms with van der Waals surface area (Å²) in [4.78, 5) is 0. The first-order valence-corrected chi connectivity index (χ1v) is 5.67. The molecule has 3 nitrogen and oxygen atoms in total. The summed E-state index contributed by atoms with van der Waals surface area (Å²) < 4.78 is 16.2. The lowest BCUT2D eigenvalue weighted by Crippen LogP contribution is -1.99. The first-order chi connectivity index (χ1) is 7.80. The molecule has 16 heavy (non-hydrogen) atoms. The van der Waals surface area contributed by atoms with Gasteiger partial charge in [-0.15, -0.1) is 0 Å². The van der Waals surface area contributed by atoms with Crippen LogP contribution in [0.5, 0.6) is 17.2 Å². The van der Waals surface area contributed by atoms with Crippen molar-refractivity contribution >= 4 is 0 Å². The van der Waals surface area contributed by atoms with Gasteiger partial charge in [0.1, 0.15) is 17.2 Å². The van der Waals surface area contributed by atoms with E-state index in [0.717, 1.165) is 18.6 Å². The summed E-state index contributed by atoms with van der Waals surface area (Å²) in [5.74, 6) is 2.08. The van der Waals surface area contributed by atoms with Gasteiger partial charge in [0.05, 0.1) is 26.4 Å². The first-order valence-electron chi connectivity index (χ1n) is 5.67. The van der Waals surface area contributed by atoms with Gasteiger partial charge in [0, 0.05) is 12.1 Å². The van der Waals surface area contributed by atoms with Crippen LogP contribution in [0, 0.1) is 6.07 Å². The minimum atomic E-state index is 0.673. The van der Waals surface area contributed by atoms with E-state index in [2.05, 4.69) is 19.9 Å². The van der Waals surface area contributed by atoms with E-state index >= 15 is 0 Å². The topological polar surface area (TPSA) is 27.7 Å². The highest BCUT2D eigenvalue weighted by atomic mass is 16.5. The summed E-state index contributed by atoms with van der Waals surface area (Å²) in [6, 6.07) is 6.69. The molecular weight excluding hydrogens is 204 g/mol. The molecule has 0 aliphatic heterocycles. The van der Waals surface area contributed by atoms with Crippen LogP contribution in [-0.2, 0) is 0 Å². The van der Waals surface area contributed by atoms with Crippen LogP contribution in [0.15, 0.2) is 12.1 Å². The van der Waals surface area contributed by atoms with Gasteiger partial charge in [0.15, 0.2) is 0 Å². The van der Waals surface area contributed by atoms with Crippen LogP contribution in [0.2, 0.25) is 0 Å². The van der Waals surface area contributed by atoms with Crippen molar-refractivity contribution in [2.24, 2.45) is 0 Å². The lowest BCUT2D eigenvalue weighted by molar-refractivity contribution is 0.296. The minimum absolute atomic E-state index is 0.673. The molecule has 1 aromatic carbocycles. The van der Waals surface area contributed by atoms with Gasteiger partial charge in [0.2, 0.25) is 0 Å². The highest BCUT2D eigenvalue weighted by Crippen LogP contribution is 2.27. The van der Waals surface area contributed by atoms with Crippen molar-refractivity contribution in [2.45, 2.75) is 26.7 Å². The molecule has 1 aromatic rings. The molecule has 0 aromatic heterocycles. The van der Waals surface area contributed by atoms with Crippen LogP contribution in [0.3, 0.4) is 0 Å². The van der Waals surface area contributed by atoms with Crippen LogP contribution in [0.25, 0.3) is 0 Å². The van der Waals surface area contributed by atoms with E-state index in [-0.39, 0.29) is 0 Å². The molecule has 0 bridgehead atoms. The molecule has 0 heterocycles. The van der Waals surface area contributed by atoms with Gasteiger partial charge < -0.3 is 14.2 Å². The molecule has 0 aliphatic carbocycles. The van der Waals surface area contributed by atoms with Gasteiger partial charge in [-0.25, -0.2) is 0 Å². The number of methoxy groups -OCH3 is 1. The lowest BCUT2D eigenvalue weighted by Gasteiger charge is -2.10. The molecule has 0 saturated carbocycles. The third-order valence-electron chi connectivity index (χ3n) is 1.95. The fourth-order valence-electron chi connectivity index (χ4n) is 1.19. The second-order valence-electron chi connectivity index (χ2n) is 3.45. The molecule has 0 saturated heterocycles. The van der Waals surface area contributed by atoms with Crippen LogP contribution >= 0.6 is 0 Å². The molecular formula is C13H19O3. The van der Waals surface area contributed by atoms with E-state index in [1.165, 1.54) is 0 Å². The zero-order chi connectivity index (χ0) is 11.8. The third-order valence-corrected chi connectivity index (χ3v) is 1.95. The summed E-state index contributed by atoms with van der Waals surface area (Å²) in [7, 11) is 1.63. The summed E-state index contributed by atoms with van der Waals surface area (Å²) in [6.45, 7) is 5.48. The van der Waals surface area contributed by atoms with Crippen molar-refractivity contribution in [1.82, 2.24) is 0 Å². The van der Waals surface area contributed by atoms with E-state index in [1.807, 2.05) is 12.1 Å². The van der Waals surface area contributed by atoms with Crippen molar-refractivity contribution in [1.29, 1.82) is 0 Å². The van der Waals surface area contributed by atoms with Gasteiger partial charge in [-0.2, -0.15) is 0 Å². The predicted octanol–water partition coefficient (Wildman–Crippen LogP) is 3.07. The van der Waals surface area contributed by atoms with Crippen LogP contribution in [0.4, 0.5) is 0 Å². The van der Waals surface area contributed by atoms with E-state index in [1.54, 1.807) is 7.11 Å². The monoisotopic (exact) mass is 223 g/mol. The summed E-state index contributed by atoms with van der Waals surface area (Å²) in [5, 5.41) is 0. The Morgan fingerprint density at radius 2 is 1.50 bits per heavy atom. The highest BCUT2D eigenvalue weighted by Gasteiger charge is 2.03. The SMILES string of the molecule is CCCOc1[c]c(OCCC)cc(OC)c1. The van der Waals surface area contributed by atoms with Crippen molar-refractivity contribution in [3.63, 3.8) is 0 Å². The second-order valence-corrected chi connectivity index (χ2v) is 3.45. The lowest BCUT2D eigenvalue weighted by atomic mass is 10.3. The zero-order valence-electron chi connectivity index (χ0n) is 10.2. The quantitative estimate of drug-likeness (QED) is 0.711. The molecule has 0 unspecified atom stereocenters. The number of hydrogen-bond acceptors (Lipinski definition) is 3. The van der Waals surface area contributed by atoms with E-state index < -0.39 is 0 Å². The molecule has 3 heteroatoms. The Labute approximate surface area is 97.3 Å². The summed E-state index contributed by atoms with van der Waals surface area (Å²) in [6.07, 6.45) is 1.94. The van der Waals surface area contributed by atoms with E-state index in [4.69, 9.17) is 14.2 Å². The van der Waals surface area contributed by atoms with Crippen LogP contribution in [-0.4, -0.2) is 20.3 Å². The smallest absolute Gasteiger partial charge is 0.134 e. The molecule has 0 spiro atoms. The maximum atomic E-state index is 5.50. The number of benzene rings is 1. The van der Waals surface area contributed by atoms with Gasteiger partial charge in [-0.1, -0.05) is 13.8 Å². The third kappa shape index (κ3) is 4.01. The van der Waals surface area contributed by atoms with Crippen LogP contribution < -0.4 is 14.2 Å². The minimum Gasteiger partial charge on any atom is -0.496 e. The second kappa shape index (κ2) is 6.99. The Hall–Kier alpha value is -1.38. The number of ether oxygens (including phenoxy) is 3. The first kappa shape index (κ1) is 12.7. The normalized spacial score (nSPS) is 9.94. The van der Waals surface area contributed by atoms with Gasteiger partial charge >= 0.3 is 0 Å². The maximum absolute atomic E-state index is 5.50. The Morgan fingerprint density at radius 1 is 1.00 bits per heavy atom. The molecule has 1 rings (SSSR count). The Kier molecular flexibility index (Phi) is 5.54. The maximum Gasteiger partial charge on any atom is 0.134 e. The van der Waals surface area contributed by atoms with E-state index in [9.17, 15) is 0 Å². The van der Waals surface area contributed by atoms with Gasteiger partial charge in [0.25, 0.3) is 0 Å². The Morgan fingerprint density at radius 3 is 1.88 bits per heavy atom. The Balaban J connectivity index is 2.74. The Bertz CT molecular complexity index is 284. The molecule has 1 radical (unpaired) electrons. The predicted molar refractivity (Wildman–Crippen MR) is 63.4 cm³/mol. The highest BCUT2D eigenvalue weighted by molar-refractivity contribution is 5.40. The fraction of sp³-hybridized carbons (Fsp3) is 0.538. The molecule has 0 N–H and O–H groups in total. The van der Waals surface area contributed by atoms with Crippen molar-refractivity contribution in [3.05, 3.63) is 18.2 Å². The van der Waals surface area contributed by atoms with Crippen molar-refractivity contribution < 1.29 is 14.2 Å². The summed E-state index contributed by atoms with van der Waals surface area (Å²) in [5.41, 5.74) is 0. The van der Waals surface area contributed by atoms with Crippen molar-refractivity contribution in [2.75, 3.05) is 20.3 Å². The average Bonchev–Trinajstić information content (AvgIpc) is 2.33. The van der Waals surface area contributed by atoms with Gasteiger partial charge in [-0.05, 0) is 12.8 Å². The largest absolute Gasteiger partial charge is 0.496 e. The molecule has 0 fully saturated rings. The molecule has 0 atom stereocenters. The molecule has 0 aliphatic rings. The zero-order valence-corrected chi connectivity index (χ0v) is 10.2. The van der Waals surface area contributed by atoms with Gasteiger partial charge in [-0.3, -0.25) is 0 Å². The fourth-order valence-corrected chi connectivity index (χ4v) is 1.19. The van der Waals surface area contributed by atoms with Crippen LogP contribution in [0.1, 0.15) is 26.7 Å². The number of rotatable bonds is 7. The molecule has 0 amide bonds.